The van der Waals surface area contributed by atoms with Crippen molar-refractivity contribution in [2.75, 3.05) is 32.0 Å². The minimum Gasteiger partial charge on any atom is -0.486 e. The van der Waals surface area contributed by atoms with Crippen molar-refractivity contribution in [2.45, 2.75) is 26.3 Å². The summed E-state index contributed by atoms with van der Waals surface area (Å²) in [6.07, 6.45) is 4.54. The lowest BCUT2D eigenvalue weighted by Crippen LogP contribution is -2.34. The van der Waals surface area contributed by atoms with Crippen LogP contribution in [-0.2, 0) is 6.54 Å². The molecule has 28 heavy (non-hydrogen) atoms. The molecule has 6 nitrogen and oxygen atoms in total. The number of nitrogens with zero attached hydrogens (tertiary/aromatic N) is 3. The van der Waals surface area contributed by atoms with E-state index in [9.17, 15) is 0 Å². The molecule has 146 valence electrons. The molecule has 0 spiro atoms. The molecule has 0 bridgehead atoms. The maximum Gasteiger partial charge on any atom is 0.162 e. The number of ether oxygens (including phenoxy) is 2. The van der Waals surface area contributed by atoms with Gasteiger partial charge in [0.1, 0.15) is 18.9 Å². The molecule has 1 unspecified atom stereocenters. The Hall–Kier alpha value is -2.73. The highest BCUT2D eigenvalue weighted by atomic mass is 16.6. The van der Waals surface area contributed by atoms with Gasteiger partial charge in [-0.25, -0.2) is 4.98 Å². The lowest BCUT2D eigenvalue weighted by molar-refractivity contribution is 0.171. The van der Waals surface area contributed by atoms with Gasteiger partial charge in [-0.1, -0.05) is 6.92 Å². The maximum absolute atomic E-state index is 6.09. The van der Waals surface area contributed by atoms with Crippen molar-refractivity contribution >= 4 is 11.3 Å². The zero-order chi connectivity index (χ0) is 19.1. The molecule has 1 atom stereocenters. The molecule has 0 aliphatic carbocycles. The molecule has 5 rings (SSSR count). The normalized spacial score (nSPS) is 19.8. The minimum absolute atomic E-state index is 0.580. The fourth-order valence-electron chi connectivity index (χ4n) is 4.32. The Morgan fingerprint density at radius 3 is 2.86 bits per heavy atom. The summed E-state index contributed by atoms with van der Waals surface area (Å²) in [5, 5.41) is 0. The lowest BCUT2D eigenvalue weighted by atomic mass is 10.00. The molecule has 1 fully saturated rings. The van der Waals surface area contributed by atoms with Gasteiger partial charge in [0.25, 0.3) is 0 Å². The van der Waals surface area contributed by atoms with Gasteiger partial charge in [-0.2, -0.15) is 0 Å². The zero-order valence-corrected chi connectivity index (χ0v) is 16.2. The van der Waals surface area contributed by atoms with Crippen molar-refractivity contribution in [1.29, 1.82) is 0 Å². The molecule has 2 aliphatic heterocycles. The number of anilines is 1. The largest absolute Gasteiger partial charge is 0.486 e. The van der Waals surface area contributed by atoms with E-state index >= 15 is 0 Å². The highest BCUT2D eigenvalue weighted by Crippen LogP contribution is 2.36. The van der Waals surface area contributed by atoms with E-state index in [1.54, 1.807) is 0 Å². The maximum atomic E-state index is 6.09. The van der Waals surface area contributed by atoms with Crippen molar-refractivity contribution in [3.8, 4) is 22.8 Å². The number of hydrogen-bond donors (Lipinski definition) is 1. The van der Waals surface area contributed by atoms with Crippen LogP contribution in [0.5, 0.6) is 11.5 Å². The third kappa shape index (κ3) is 3.18. The van der Waals surface area contributed by atoms with E-state index in [2.05, 4.69) is 22.3 Å². The van der Waals surface area contributed by atoms with Crippen LogP contribution in [0.3, 0.4) is 0 Å². The SMILES string of the molecule is CC1CCCN(Cc2c(-c3ccc4c(c3)OCCO4)nc3ccc(N)cn23)C1. The number of nitrogens with two attached hydrogens (primary N) is 1. The molecule has 6 heteroatoms. The standard InChI is InChI=1S/C22H26N4O2/c1-15-3-2-8-25(12-15)14-18-22(24-21-7-5-17(23)13-26(18)21)16-4-6-19-20(11-16)28-10-9-27-19/h4-7,11,13,15H,2-3,8-10,12,14,23H2,1H3. The molecule has 4 heterocycles. The summed E-state index contributed by atoms with van der Waals surface area (Å²) in [6, 6.07) is 9.99. The van der Waals surface area contributed by atoms with Crippen LogP contribution < -0.4 is 15.2 Å². The van der Waals surface area contributed by atoms with Gasteiger partial charge in [-0.05, 0) is 55.6 Å². The van der Waals surface area contributed by atoms with E-state index in [1.807, 2.05) is 30.5 Å². The Balaban J connectivity index is 1.59. The van der Waals surface area contributed by atoms with E-state index in [0.29, 0.717) is 13.2 Å². The van der Waals surface area contributed by atoms with Crippen LogP contribution >= 0.6 is 0 Å². The number of likely N-dealkylation sites (tertiary alicyclic amines) is 1. The molecule has 1 saturated heterocycles. The van der Waals surface area contributed by atoms with Gasteiger partial charge in [0.2, 0.25) is 0 Å². The third-order valence-electron chi connectivity index (χ3n) is 5.67. The highest BCUT2D eigenvalue weighted by molar-refractivity contribution is 5.70. The molecule has 3 aromatic rings. The number of benzene rings is 1. The second-order valence-corrected chi connectivity index (χ2v) is 7.94. The number of fused-ring (bicyclic) bond motifs is 2. The first-order valence-electron chi connectivity index (χ1n) is 10.1. The first-order valence-corrected chi connectivity index (χ1v) is 10.1. The highest BCUT2D eigenvalue weighted by Gasteiger charge is 2.22. The number of piperidine rings is 1. The fourth-order valence-corrected chi connectivity index (χ4v) is 4.32. The monoisotopic (exact) mass is 378 g/mol. The summed E-state index contributed by atoms with van der Waals surface area (Å²) in [4.78, 5) is 7.47. The van der Waals surface area contributed by atoms with Crippen LogP contribution in [-0.4, -0.2) is 40.6 Å². The van der Waals surface area contributed by atoms with E-state index in [4.69, 9.17) is 20.2 Å². The molecule has 1 aromatic carbocycles. The van der Waals surface area contributed by atoms with Crippen molar-refractivity contribution in [3.05, 3.63) is 42.2 Å². The Morgan fingerprint density at radius 1 is 1.14 bits per heavy atom. The smallest absolute Gasteiger partial charge is 0.162 e. The Kier molecular flexibility index (Phi) is 4.36. The van der Waals surface area contributed by atoms with Gasteiger partial charge in [-0.15, -0.1) is 0 Å². The number of nitrogen functional groups attached to an aromatic ring is 1. The lowest BCUT2D eigenvalue weighted by Gasteiger charge is -2.30. The Morgan fingerprint density at radius 2 is 2.00 bits per heavy atom. The average Bonchev–Trinajstić information content (AvgIpc) is 3.05. The van der Waals surface area contributed by atoms with Crippen LogP contribution in [0.2, 0.25) is 0 Å². The second-order valence-electron chi connectivity index (χ2n) is 7.94. The number of imidazole rings is 1. The van der Waals surface area contributed by atoms with Crippen molar-refractivity contribution in [3.63, 3.8) is 0 Å². The predicted molar refractivity (Wildman–Crippen MR) is 110 cm³/mol. The van der Waals surface area contributed by atoms with Gasteiger partial charge in [0.05, 0.1) is 11.4 Å². The van der Waals surface area contributed by atoms with E-state index in [1.165, 1.54) is 18.5 Å². The van der Waals surface area contributed by atoms with E-state index in [0.717, 1.165) is 59.6 Å². The molecule has 0 radical (unpaired) electrons. The predicted octanol–water partition coefficient (Wildman–Crippen LogP) is 3.59. The van der Waals surface area contributed by atoms with Crippen LogP contribution in [0.1, 0.15) is 25.5 Å². The summed E-state index contributed by atoms with van der Waals surface area (Å²) in [5.41, 5.74) is 11.0. The van der Waals surface area contributed by atoms with Crippen LogP contribution in [0.4, 0.5) is 5.69 Å². The number of aromatic nitrogens is 2. The van der Waals surface area contributed by atoms with Crippen molar-refractivity contribution in [1.82, 2.24) is 14.3 Å². The number of hydrogen-bond acceptors (Lipinski definition) is 5. The quantitative estimate of drug-likeness (QED) is 0.755. The summed E-state index contributed by atoms with van der Waals surface area (Å²) in [5.74, 6) is 2.32. The van der Waals surface area contributed by atoms with Crippen LogP contribution in [0.25, 0.3) is 16.9 Å². The summed E-state index contributed by atoms with van der Waals surface area (Å²) in [7, 11) is 0. The van der Waals surface area contributed by atoms with Gasteiger partial charge in [0, 0.05) is 30.5 Å². The molecule has 2 aromatic heterocycles. The van der Waals surface area contributed by atoms with Gasteiger partial charge in [-0.3, -0.25) is 4.90 Å². The fraction of sp³-hybridized carbons (Fsp3) is 0.409. The minimum atomic E-state index is 0.580. The average molecular weight is 378 g/mol. The number of pyridine rings is 1. The van der Waals surface area contributed by atoms with E-state index < -0.39 is 0 Å². The summed E-state index contributed by atoms with van der Waals surface area (Å²) < 4.78 is 13.6. The Bertz CT molecular complexity index is 1010. The number of rotatable bonds is 3. The molecular weight excluding hydrogens is 352 g/mol. The molecular formula is C22H26N4O2. The van der Waals surface area contributed by atoms with Gasteiger partial charge < -0.3 is 19.6 Å². The van der Waals surface area contributed by atoms with Gasteiger partial charge >= 0.3 is 0 Å². The zero-order valence-electron chi connectivity index (χ0n) is 16.2. The summed E-state index contributed by atoms with van der Waals surface area (Å²) >= 11 is 0. The van der Waals surface area contributed by atoms with Crippen LogP contribution in [0, 0.1) is 5.92 Å². The van der Waals surface area contributed by atoms with E-state index in [-0.39, 0.29) is 0 Å². The second kappa shape index (κ2) is 7.02. The molecule has 0 saturated carbocycles. The first kappa shape index (κ1) is 17.4. The molecule has 2 aliphatic rings. The van der Waals surface area contributed by atoms with Crippen LogP contribution in [0.15, 0.2) is 36.5 Å². The molecule has 2 N–H and O–H groups in total. The first-order chi connectivity index (χ1) is 13.7. The van der Waals surface area contributed by atoms with Crippen molar-refractivity contribution in [2.24, 2.45) is 5.92 Å². The van der Waals surface area contributed by atoms with Crippen molar-refractivity contribution < 1.29 is 9.47 Å². The van der Waals surface area contributed by atoms with Gasteiger partial charge in [0.15, 0.2) is 11.5 Å². The third-order valence-corrected chi connectivity index (χ3v) is 5.67. The topological polar surface area (TPSA) is 65.0 Å². The summed E-state index contributed by atoms with van der Waals surface area (Å²) in [6.45, 7) is 6.62. The molecule has 0 amide bonds. The Labute approximate surface area is 164 Å².